The molecule has 1 aromatic rings. The molecule has 0 bridgehead atoms. The predicted molar refractivity (Wildman–Crippen MR) is 48.4 cm³/mol. The summed E-state index contributed by atoms with van der Waals surface area (Å²) in [5.41, 5.74) is 1.26. The number of hydrogen-bond donors (Lipinski definition) is 0. The molecule has 0 aromatic carbocycles. The summed E-state index contributed by atoms with van der Waals surface area (Å²) in [5.74, 6) is 0.696. The summed E-state index contributed by atoms with van der Waals surface area (Å²) in [6.07, 6.45) is 0. The molecule has 2 heteroatoms. The topological polar surface area (TPSA) is 17.1 Å². The first-order chi connectivity index (χ1) is 5.11. The van der Waals surface area contributed by atoms with Crippen LogP contribution >= 0.6 is 11.3 Å². The van der Waals surface area contributed by atoms with Crippen LogP contribution in [0.25, 0.3) is 0 Å². The van der Waals surface area contributed by atoms with Gasteiger partial charge in [-0.1, -0.05) is 13.8 Å². The van der Waals surface area contributed by atoms with Crippen molar-refractivity contribution in [3.8, 4) is 0 Å². The number of thiophene rings is 1. The van der Waals surface area contributed by atoms with Crippen molar-refractivity contribution in [2.75, 3.05) is 0 Å². The molecule has 1 heterocycles. The maximum Gasteiger partial charge on any atom is 0.169 e. The smallest absolute Gasteiger partial charge is 0.169 e. The lowest BCUT2D eigenvalue weighted by atomic mass is 10.1. The van der Waals surface area contributed by atoms with Gasteiger partial charge >= 0.3 is 0 Å². The zero-order valence-corrected chi connectivity index (χ0v) is 7.87. The van der Waals surface area contributed by atoms with Crippen molar-refractivity contribution in [2.45, 2.75) is 26.7 Å². The van der Waals surface area contributed by atoms with Crippen LogP contribution in [0.2, 0.25) is 0 Å². The summed E-state index contributed by atoms with van der Waals surface area (Å²) < 4.78 is 0. The van der Waals surface area contributed by atoms with E-state index in [2.05, 4.69) is 19.2 Å². The maximum absolute atomic E-state index is 10.9. The Morgan fingerprint density at radius 3 is 2.45 bits per heavy atom. The quantitative estimate of drug-likeness (QED) is 0.620. The molecule has 1 nitrogen and oxygen atoms in total. The molecule has 0 atom stereocenters. The Hall–Kier alpha value is -0.630. The minimum Gasteiger partial charge on any atom is -0.294 e. The van der Waals surface area contributed by atoms with E-state index in [-0.39, 0.29) is 5.78 Å². The molecule has 0 saturated carbocycles. The lowest BCUT2D eigenvalue weighted by Crippen LogP contribution is -1.86. The van der Waals surface area contributed by atoms with Crippen LogP contribution in [0.4, 0.5) is 0 Å². The van der Waals surface area contributed by atoms with Gasteiger partial charge in [0.15, 0.2) is 5.78 Å². The Kier molecular flexibility index (Phi) is 2.45. The second-order valence-electron chi connectivity index (χ2n) is 2.96. The lowest BCUT2D eigenvalue weighted by molar-refractivity contribution is 0.102. The van der Waals surface area contributed by atoms with Crippen LogP contribution in [0.3, 0.4) is 0 Å². The van der Waals surface area contributed by atoms with Crippen LogP contribution in [-0.4, -0.2) is 5.78 Å². The van der Waals surface area contributed by atoms with E-state index < -0.39 is 0 Å². The number of ketones is 1. The van der Waals surface area contributed by atoms with E-state index in [1.807, 2.05) is 6.07 Å². The van der Waals surface area contributed by atoms with E-state index in [9.17, 15) is 4.79 Å². The molecular weight excluding hydrogens is 156 g/mol. The molecule has 60 valence electrons. The average molecular weight is 168 g/mol. The molecule has 0 aliphatic heterocycles. The third kappa shape index (κ3) is 1.90. The number of Topliss-reactive ketones (excluding diaryl/α,β-unsaturated/α-hetero) is 1. The van der Waals surface area contributed by atoms with Crippen molar-refractivity contribution in [2.24, 2.45) is 0 Å². The van der Waals surface area contributed by atoms with E-state index in [0.29, 0.717) is 5.92 Å². The number of hydrogen-bond acceptors (Lipinski definition) is 2. The Morgan fingerprint density at radius 2 is 2.18 bits per heavy atom. The molecule has 0 spiro atoms. The molecule has 0 aliphatic rings. The molecule has 0 amide bonds. The molecule has 0 saturated heterocycles. The van der Waals surface area contributed by atoms with Crippen molar-refractivity contribution in [3.05, 3.63) is 21.9 Å². The van der Waals surface area contributed by atoms with Gasteiger partial charge in [0.25, 0.3) is 0 Å². The monoisotopic (exact) mass is 168 g/mol. The third-order valence-corrected chi connectivity index (χ3v) is 2.68. The molecule has 0 radical (unpaired) electrons. The highest BCUT2D eigenvalue weighted by Gasteiger charge is 2.05. The van der Waals surface area contributed by atoms with Gasteiger partial charge in [0, 0.05) is 0 Å². The van der Waals surface area contributed by atoms with Crippen molar-refractivity contribution in [1.29, 1.82) is 0 Å². The first-order valence-corrected chi connectivity index (χ1v) is 4.58. The fourth-order valence-corrected chi connectivity index (χ4v) is 1.81. The van der Waals surface area contributed by atoms with Crippen LogP contribution in [0.5, 0.6) is 0 Å². The fraction of sp³-hybridized carbons (Fsp3) is 0.444. The van der Waals surface area contributed by atoms with E-state index in [4.69, 9.17) is 0 Å². The van der Waals surface area contributed by atoms with Crippen LogP contribution in [0.15, 0.2) is 11.4 Å². The second-order valence-corrected chi connectivity index (χ2v) is 3.87. The molecule has 11 heavy (non-hydrogen) atoms. The van der Waals surface area contributed by atoms with E-state index in [1.54, 1.807) is 6.92 Å². The van der Waals surface area contributed by atoms with Gasteiger partial charge in [-0.05, 0) is 29.9 Å². The minimum atomic E-state index is 0.168. The van der Waals surface area contributed by atoms with Crippen molar-refractivity contribution in [1.82, 2.24) is 0 Å². The highest BCUT2D eigenvalue weighted by atomic mass is 32.1. The van der Waals surface area contributed by atoms with Gasteiger partial charge in [-0.3, -0.25) is 4.79 Å². The van der Waals surface area contributed by atoms with Gasteiger partial charge in [0.1, 0.15) is 0 Å². The van der Waals surface area contributed by atoms with Gasteiger partial charge in [-0.2, -0.15) is 0 Å². The van der Waals surface area contributed by atoms with Crippen LogP contribution in [0.1, 0.15) is 41.9 Å². The standard InChI is InChI=1S/C9H12OS/c1-6(2)8-4-9(7(3)10)11-5-8/h4-6H,1-3H3. The largest absolute Gasteiger partial charge is 0.294 e. The number of carbonyl (C=O) groups excluding carboxylic acids is 1. The zero-order valence-electron chi connectivity index (χ0n) is 7.05. The van der Waals surface area contributed by atoms with E-state index in [0.717, 1.165) is 4.88 Å². The Balaban J connectivity index is 2.90. The molecular formula is C9H12OS. The van der Waals surface area contributed by atoms with Gasteiger partial charge in [0.05, 0.1) is 4.88 Å². The van der Waals surface area contributed by atoms with Crippen LogP contribution < -0.4 is 0 Å². The molecule has 1 rings (SSSR count). The van der Waals surface area contributed by atoms with Gasteiger partial charge in [-0.15, -0.1) is 11.3 Å². The normalized spacial score (nSPS) is 10.5. The molecule has 0 N–H and O–H groups in total. The Morgan fingerprint density at radius 1 is 1.55 bits per heavy atom. The number of carbonyl (C=O) groups is 1. The second kappa shape index (κ2) is 3.18. The number of rotatable bonds is 2. The minimum absolute atomic E-state index is 0.168. The zero-order chi connectivity index (χ0) is 8.43. The first kappa shape index (κ1) is 8.47. The van der Waals surface area contributed by atoms with Crippen molar-refractivity contribution >= 4 is 17.1 Å². The van der Waals surface area contributed by atoms with Gasteiger partial charge in [-0.25, -0.2) is 0 Å². The summed E-state index contributed by atoms with van der Waals surface area (Å²) in [7, 11) is 0. The van der Waals surface area contributed by atoms with Gasteiger partial charge < -0.3 is 0 Å². The van der Waals surface area contributed by atoms with Crippen LogP contribution in [0, 0.1) is 0 Å². The lowest BCUT2D eigenvalue weighted by Gasteiger charge is -1.96. The summed E-state index contributed by atoms with van der Waals surface area (Å²) in [5, 5.41) is 2.06. The molecule has 0 fully saturated rings. The molecule has 0 unspecified atom stereocenters. The summed E-state index contributed by atoms with van der Waals surface area (Å²) in [6.45, 7) is 5.87. The summed E-state index contributed by atoms with van der Waals surface area (Å²) in [4.78, 5) is 11.8. The highest BCUT2D eigenvalue weighted by Crippen LogP contribution is 2.21. The van der Waals surface area contributed by atoms with Gasteiger partial charge in [0.2, 0.25) is 0 Å². The van der Waals surface area contributed by atoms with E-state index >= 15 is 0 Å². The summed E-state index contributed by atoms with van der Waals surface area (Å²) >= 11 is 1.54. The Labute approximate surface area is 71.1 Å². The predicted octanol–water partition coefficient (Wildman–Crippen LogP) is 3.07. The SMILES string of the molecule is CC(=O)c1cc(C(C)C)cs1. The fourth-order valence-electron chi connectivity index (χ4n) is 0.838. The van der Waals surface area contributed by atoms with E-state index in [1.165, 1.54) is 16.9 Å². The highest BCUT2D eigenvalue weighted by molar-refractivity contribution is 7.12. The van der Waals surface area contributed by atoms with Crippen molar-refractivity contribution in [3.63, 3.8) is 0 Å². The molecule has 0 aliphatic carbocycles. The summed E-state index contributed by atoms with van der Waals surface area (Å²) in [6, 6.07) is 1.98. The Bertz CT molecular complexity index is 260. The van der Waals surface area contributed by atoms with Crippen molar-refractivity contribution < 1.29 is 4.79 Å². The third-order valence-electron chi connectivity index (χ3n) is 1.63. The van der Waals surface area contributed by atoms with Crippen LogP contribution in [-0.2, 0) is 0 Å². The first-order valence-electron chi connectivity index (χ1n) is 3.70. The average Bonchev–Trinajstić information content (AvgIpc) is 2.33. The molecule has 1 aromatic heterocycles. The maximum atomic E-state index is 10.9.